The van der Waals surface area contributed by atoms with Crippen molar-refractivity contribution < 1.29 is 19.2 Å². The van der Waals surface area contributed by atoms with Crippen molar-refractivity contribution in [3.8, 4) is 0 Å². The van der Waals surface area contributed by atoms with Crippen molar-refractivity contribution in [2.45, 2.75) is 25.7 Å². The van der Waals surface area contributed by atoms with Gasteiger partial charge in [-0.3, -0.25) is 19.2 Å². The molecule has 1 fully saturated rings. The Bertz CT molecular complexity index is 603. The van der Waals surface area contributed by atoms with Crippen LogP contribution in [0.5, 0.6) is 0 Å². The van der Waals surface area contributed by atoms with Gasteiger partial charge in [0.2, 0.25) is 0 Å². The standard InChI is InChI=1S/C16H16N4O4/c21-13-5-6-14(22)19(13)17-9-11-1-2-12(4-3-11)10-18-20-15(23)7-8-16(20)24/h5-12H,1-4H2. The monoisotopic (exact) mass is 328 g/mol. The molecule has 1 aliphatic carbocycles. The van der Waals surface area contributed by atoms with Gasteiger partial charge in [0.15, 0.2) is 0 Å². The van der Waals surface area contributed by atoms with Gasteiger partial charge < -0.3 is 0 Å². The van der Waals surface area contributed by atoms with Gasteiger partial charge in [0, 0.05) is 36.7 Å². The summed E-state index contributed by atoms with van der Waals surface area (Å²) in [4.78, 5) is 45.6. The van der Waals surface area contributed by atoms with Crippen LogP contribution in [0.15, 0.2) is 34.5 Å². The smallest absolute Gasteiger partial charge is 0.267 e. The number of carbonyl (C=O) groups is 4. The molecule has 0 N–H and O–H groups in total. The summed E-state index contributed by atoms with van der Waals surface area (Å²) in [5.74, 6) is -1.33. The third-order valence-electron chi connectivity index (χ3n) is 4.17. The fourth-order valence-electron chi connectivity index (χ4n) is 2.78. The van der Waals surface area contributed by atoms with E-state index >= 15 is 0 Å². The first-order valence-corrected chi connectivity index (χ1v) is 7.75. The van der Waals surface area contributed by atoms with Crippen LogP contribution < -0.4 is 0 Å². The first kappa shape index (κ1) is 16.0. The Morgan fingerprint density at radius 1 is 0.667 bits per heavy atom. The third-order valence-corrected chi connectivity index (χ3v) is 4.17. The molecule has 0 bridgehead atoms. The number of carbonyl (C=O) groups excluding carboxylic acids is 4. The molecular weight excluding hydrogens is 312 g/mol. The molecule has 24 heavy (non-hydrogen) atoms. The van der Waals surface area contributed by atoms with Gasteiger partial charge in [-0.25, -0.2) is 0 Å². The Kier molecular flexibility index (Phi) is 4.45. The number of rotatable bonds is 4. The van der Waals surface area contributed by atoms with Gasteiger partial charge >= 0.3 is 0 Å². The van der Waals surface area contributed by atoms with Crippen LogP contribution in [0.2, 0.25) is 0 Å². The maximum atomic E-state index is 11.4. The maximum absolute atomic E-state index is 11.4. The fourth-order valence-corrected chi connectivity index (χ4v) is 2.78. The Balaban J connectivity index is 1.48. The third kappa shape index (κ3) is 3.37. The topological polar surface area (TPSA) is 99.5 Å². The summed E-state index contributed by atoms with van der Waals surface area (Å²) in [6.45, 7) is 0. The summed E-state index contributed by atoms with van der Waals surface area (Å²) in [6.07, 6.45) is 11.4. The van der Waals surface area contributed by atoms with E-state index in [-0.39, 0.29) is 11.8 Å². The molecule has 8 nitrogen and oxygen atoms in total. The van der Waals surface area contributed by atoms with E-state index in [0.29, 0.717) is 0 Å². The summed E-state index contributed by atoms with van der Waals surface area (Å²) in [5.41, 5.74) is 0. The second-order valence-corrected chi connectivity index (χ2v) is 5.85. The van der Waals surface area contributed by atoms with Crippen LogP contribution in [0.3, 0.4) is 0 Å². The van der Waals surface area contributed by atoms with Crippen molar-refractivity contribution in [1.82, 2.24) is 10.0 Å². The van der Waals surface area contributed by atoms with Gasteiger partial charge in [-0.05, 0) is 37.5 Å². The van der Waals surface area contributed by atoms with Crippen LogP contribution in [-0.2, 0) is 19.2 Å². The van der Waals surface area contributed by atoms with E-state index in [2.05, 4.69) is 10.2 Å². The van der Waals surface area contributed by atoms with Gasteiger partial charge in [0.1, 0.15) is 0 Å². The molecule has 0 spiro atoms. The van der Waals surface area contributed by atoms with Gasteiger partial charge in [0.05, 0.1) is 0 Å². The van der Waals surface area contributed by atoms with E-state index in [1.165, 1.54) is 24.3 Å². The average Bonchev–Trinajstić information content (AvgIpc) is 3.07. The van der Waals surface area contributed by atoms with Gasteiger partial charge in [-0.1, -0.05) is 0 Å². The van der Waals surface area contributed by atoms with E-state index in [1.54, 1.807) is 12.4 Å². The molecule has 0 atom stereocenters. The summed E-state index contributed by atoms with van der Waals surface area (Å²) in [7, 11) is 0. The van der Waals surface area contributed by atoms with Crippen molar-refractivity contribution >= 4 is 36.1 Å². The summed E-state index contributed by atoms with van der Waals surface area (Å²) < 4.78 is 0. The van der Waals surface area contributed by atoms with Crippen molar-refractivity contribution in [3.63, 3.8) is 0 Å². The van der Waals surface area contributed by atoms with Gasteiger partial charge in [-0.2, -0.15) is 20.2 Å². The number of amides is 4. The van der Waals surface area contributed by atoms with Crippen molar-refractivity contribution in [2.75, 3.05) is 0 Å². The second kappa shape index (κ2) is 6.69. The van der Waals surface area contributed by atoms with E-state index in [1.807, 2.05) is 0 Å². The van der Waals surface area contributed by atoms with Crippen LogP contribution in [-0.4, -0.2) is 46.1 Å². The molecule has 124 valence electrons. The second-order valence-electron chi connectivity index (χ2n) is 5.85. The summed E-state index contributed by atoms with van der Waals surface area (Å²) in [6, 6.07) is 0. The SMILES string of the molecule is O=C1C=CC(=O)N1N=CC1CCC(C=NN2C(=O)C=CC2=O)CC1. The molecule has 0 saturated heterocycles. The molecular formula is C16H16N4O4. The Morgan fingerprint density at radius 2 is 0.958 bits per heavy atom. The lowest BCUT2D eigenvalue weighted by Crippen LogP contribution is -2.26. The molecule has 0 radical (unpaired) electrons. The van der Waals surface area contributed by atoms with Crippen LogP contribution in [0.1, 0.15) is 25.7 Å². The Labute approximate surface area is 138 Å². The molecule has 3 aliphatic rings. The van der Waals surface area contributed by atoms with Crippen LogP contribution in [0.4, 0.5) is 0 Å². The molecule has 3 rings (SSSR count). The largest absolute Gasteiger partial charge is 0.274 e. The maximum Gasteiger partial charge on any atom is 0.274 e. The zero-order valence-corrected chi connectivity index (χ0v) is 12.9. The normalized spacial score (nSPS) is 27.7. The molecule has 4 amide bonds. The Hall–Kier alpha value is -2.90. The molecule has 0 aromatic rings. The fraction of sp³-hybridized carbons (Fsp3) is 0.375. The van der Waals surface area contributed by atoms with E-state index in [0.717, 1.165) is 35.7 Å². The minimum atomic E-state index is -0.425. The molecule has 1 saturated carbocycles. The quantitative estimate of drug-likeness (QED) is 0.557. The highest BCUT2D eigenvalue weighted by molar-refractivity contribution is 6.13. The lowest BCUT2D eigenvalue weighted by atomic mass is 9.83. The molecule has 8 heteroatoms. The van der Waals surface area contributed by atoms with Gasteiger partial charge in [0.25, 0.3) is 23.6 Å². The predicted molar refractivity (Wildman–Crippen MR) is 84.4 cm³/mol. The number of hydrogen-bond acceptors (Lipinski definition) is 6. The lowest BCUT2D eigenvalue weighted by Gasteiger charge is -2.23. The zero-order chi connectivity index (χ0) is 17.1. The van der Waals surface area contributed by atoms with Gasteiger partial charge in [-0.15, -0.1) is 0 Å². The summed E-state index contributed by atoms with van der Waals surface area (Å²) in [5, 5.41) is 9.64. The van der Waals surface area contributed by atoms with Crippen LogP contribution in [0.25, 0.3) is 0 Å². The lowest BCUT2D eigenvalue weighted by molar-refractivity contribution is -0.138. The minimum Gasteiger partial charge on any atom is -0.267 e. The van der Waals surface area contributed by atoms with Crippen molar-refractivity contribution in [1.29, 1.82) is 0 Å². The molecule has 0 unspecified atom stereocenters. The van der Waals surface area contributed by atoms with Crippen molar-refractivity contribution in [3.05, 3.63) is 24.3 Å². The zero-order valence-electron chi connectivity index (χ0n) is 12.9. The average molecular weight is 328 g/mol. The number of hydrazone groups is 2. The minimum absolute atomic E-state index is 0.188. The highest BCUT2D eigenvalue weighted by Crippen LogP contribution is 2.27. The highest BCUT2D eigenvalue weighted by Gasteiger charge is 2.25. The first-order valence-electron chi connectivity index (χ1n) is 7.75. The number of hydrogen-bond donors (Lipinski definition) is 0. The summed E-state index contributed by atoms with van der Waals surface area (Å²) >= 11 is 0. The van der Waals surface area contributed by atoms with Crippen LogP contribution in [0, 0.1) is 11.8 Å². The van der Waals surface area contributed by atoms with Crippen LogP contribution >= 0.6 is 0 Å². The van der Waals surface area contributed by atoms with E-state index in [9.17, 15) is 19.2 Å². The highest BCUT2D eigenvalue weighted by atomic mass is 16.2. The number of imide groups is 2. The van der Waals surface area contributed by atoms with E-state index < -0.39 is 23.6 Å². The molecule has 0 aromatic heterocycles. The first-order chi connectivity index (χ1) is 11.5. The molecule has 0 aromatic carbocycles. The number of nitrogens with zero attached hydrogens (tertiary/aromatic N) is 4. The Morgan fingerprint density at radius 3 is 1.25 bits per heavy atom. The molecule has 2 aliphatic heterocycles. The predicted octanol–water partition coefficient (Wildman–Crippen LogP) is 0.614. The van der Waals surface area contributed by atoms with Crippen molar-refractivity contribution in [2.24, 2.45) is 22.0 Å². The molecule has 2 heterocycles. The van der Waals surface area contributed by atoms with E-state index in [4.69, 9.17) is 0 Å².